The minimum Gasteiger partial charge on any atom is -0.295 e. The summed E-state index contributed by atoms with van der Waals surface area (Å²) in [5.74, 6) is -1.09. The smallest absolute Gasteiger partial charge is 0.275 e. The van der Waals surface area contributed by atoms with Crippen molar-refractivity contribution in [3.05, 3.63) is 12.2 Å². The van der Waals surface area contributed by atoms with E-state index in [2.05, 4.69) is 0 Å². The van der Waals surface area contributed by atoms with Gasteiger partial charge in [-0.2, -0.15) is 8.42 Å². The molecule has 0 spiro atoms. The monoisotopic (exact) mass is 220 g/mol. The van der Waals surface area contributed by atoms with Gasteiger partial charge in [0.05, 0.1) is 0 Å². The maximum absolute atomic E-state index is 11.0. The molecule has 0 aliphatic carbocycles. The van der Waals surface area contributed by atoms with Gasteiger partial charge in [0.25, 0.3) is 10.1 Å². The Kier molecular flexibility index (Phi) is 4.65. The first-order valence-electron chi connectivity index (χ1n) is 4.00. The van der Waals surface area contributed by atoms with E-state index in [1.54, 1.807) is 6.92 Å². The summed E-state index contributed by atoms with van der Waals surface area (Å²) in [5.41, 5.74) is 0. The van der Waals surface area contributed by atoms with Crippen LogP contribution in [0.2, 0.25) is 0 Å². The van der Waals surface area contributed by atoms with Crippen molar-refractivity contribution in [1.82, 2.24) is 0 Å². The predicted molar refractivity (Wildman–Crippen MR) is 50.5 cm³/mol. The van der Waals surface area contributed by atoms with Crippen molar-refractivity contribution in [2.75, 3.05) is 0 Å². The molecule has 0 saturated carbocycles. The van der Waals surface area contributed by atoms with Crippen molar-refractivity contribution in [2.24, 2.45) is 0 Å². The van der Waals surface area contributed by atoms with Crippen molar-refractivity contribution in [2.45, 2.75) is 25.5 Å². The van der Waals surface area contributed by atoms with Crippen molar-refractivity contribution < 1.29 is 22.6 Å². The molecule has 14 heavy (non-hydrogen) atoms. The highest BCUT2D eigenvalue weighted by molar-refractivity contribution is 7.87. The first kappa shape index (κ1) is 13.0. The van der Waals surface area contributed by atoms with Crippen molar-refractivity contribution in [3.63, 3.8) is 0 Å². The molecule has 0 aromatic heterocycles. The van der Waals surface area contributed by atoms with Crippen LogP contribution in [0.15, 0.2) is 12.2 Å². The molecule has 0 aromatic carbocycles. The average Bonchev–Trinajstić information content (AvgIpc) is 2.10. The molecule has 0 amide bonds. The molecule has 0 radical (unpaired) electrons. The van der Waals surface area contributed by atoms with Gasteiger partial charge in [0.1, 0.15) is 5.25 Å². The van der Waals surface area contributed by atoms with Crippen LogP contribution in [0.4, 0.5) is 0 Å². The molecule has 0 rings (SSSR count). The highest BCUT2D eigenvalue weighted by Crippen LogP contribution is 2.00. The summed E-state index contributed by atoms with van der Waals surface area (Å²) in [4.78, 5) is 21.8. The van der Waals surface area contributed by atoms with Crippen molar-refractivity contribution >= 4 is 21.7 Å². The number of hydrogen-bond donors (Lipinski definition) is 1. The molecule has 0 fully saturated rings. The zero-order valence-corrected chi connectivity index (χ0v) is 8.74. The predicted octanol–water partition coefficient (Wildman–Crippen LogP) is 0.367. The maximum atomic E-state index is 11.0. The average molecular weight is 220 g/mol. The van der Waals surface area contributed by atoms with Gasteiger partial charge in [-0.3, -0.25) is 14.1 Å². The minimum atomic E-state index is -4.37. The Morgan fingerprint density at radius 1 is 1.36 bits per heavy atom. The van der Waals surface area contributed by atoms with E-state index in [-0.39, 0.29) is 12.2 Å². The molecule has 1 N–H and O–H groups in total. The summed E-state index contributed by atoms with van der Waals surface area (Å²) in [6.07, 6.45) is 2.11. The van der Waals surface area contributed by atoms with Gasteiger partial charge < -0.3 is 0 Å². The van der Waals surface area contributed by atoms with E-state index in [0.717, 1.165) is 19.1 Å². The van der Waals surface area contributed by atoms with Crippen LogP contribution in [-0.4, -0.2) is 29.8 Å². The highest BCUT2D eigenvalue weighted by Gasteiger charge is 2.23. The van der Waals surface area contributed by atoms with E-state index in [9.17, 15) is 18.0 Å². The zero-order valence-electron chi connectivity index (χ0n) is 7.93. The van der Waals surface area contributed by atoms with Crippen LogP contribution >= 0.6 is 0 Å². The quantitative estimate of drug-likeness (QED) is 0.534. The summed E-state index contributed by atoms with van der Waals surface area (Å²) in [6.45, 7) is 2.67. The van der Waals surface area contributed by atoms with Crippen LogP contribution < -0.4 is 0 Å². The second kappa shape index (κ2) is 5.02. The van der Waals surface area contributed by atoms with Gasteiger partial charge in [0.15, 0.2) is 11.6 Å². The Morgan fingerprint density at radius 3 is 2.21 bits per heavy atom. The number of carbonyl (C=O) groups excluding carboxylic acids is 2. The fourth-order valence-corrected chi connectivity index (χ4v) is 0.947. The Hall–Kier alpha value is -1.01. The van der Waals surface area contributed by atoms with Gasteiger partial charge in [0, 0.05) is 6.42 Å². The molecule has 0 bridgehead atoms. The van der Waals surface area contributed by atoms with Crippen LogP contribution in [0.5, 0.6) is 0 Å². The van der Waals surface area contributed by atoms with Crippen molar-refractivity contribution in [1.29, 1.82) is 0 Å². The van der Waals surface area contributed by atoms with Gasteiger partial charge in [-0.05, 0) is 19.1 Å². The topological polar surface area (TPSA) is 88.5 Å². The summed E-state index contributed by atoms with van der Waals surface area (Å²) < 4.78 is 29.5. The third-order valence-electron chi connectivity index (χ3n) is 1.63. The third kappa shape index (κ3) is 4.29. The van der Waals surface area contributed by atoms with Crippen LogP contribution in [-0.2, 0) is 19.7 Å². The van der Waals surface area contributed by atoms with Gasteiger partial charge in [-0.1, -0.05) is 6.92 Å². The fraction of sp³-hybridized carbons (Fsp3) is 0.500. The first-order chi connectivity index (χ1) is 6.29. The van der Waals surface area contributed by atoms with Gasteiger partial charge in [0.2, 0.25) is 0 Å². The van der Waals surface area contributed by atoms with E-state index in [0.29, 0.717) is 0 Å². The van der Waals surface area contributed by atoms with Crippen molar-refractivity contribution in [3.8, 4) is 0 Å². The molecule has 0 aliphatic heterocycles. The molecule has 0 saturated heterocycles. The van der Waals surface area contributed by atoms with E-state index in [4.69, 9.17) is 4.55 Å². The summed E-state index contributed by atoms with van der Waals surface area (Å²) >= 11 is 0. The minimum absolute atomic E-state index is 0.240. The lowest BCUT2D eigenvalue weighted by molar-refractivity contribution is -0.116. The number of rotatable bonds is 5. The second-order valence-electron chi connectivity index (χ2n) is 2.71. The molecule has 1 unspecified atom stereocenters. The first-order valence-corrected chi connectivity index (χ1v) is 5.50. The molecular formula is C8H12O5S. The SMILES string of the molecule is CCC(=O)/C=C\C(=O)C(C)S(=O)(=O)O. The summed E-state index contributed by atoms with van der Waals surface area (Å²) in [7, 11) is -4.37. The third-order valence-corrected chi connectivity index (χ3v) is 2.76. The molecular weight excluding hydrogens is 208 g/mol. The lowest BCUT2D eigenvalue weighted by Crippen LogP contribution is -2.25. The number of allylic oxidation sites excluding steroid dienone is 2. The molecule has 0 aromatic rings. The van der Waals surface area contributed by atoms with Gasteiger partial charge in [-0.15, -0.1) is 0 Å². The standard InChI is InChI=1S/C8H12O5S/c1-3-7(9)4-5-8(10)6(2)14(11,12)13/h4-6H,3H2,1-2H3,(H,11,12,13)/b5-4-. The largest absolute Gasteiger partial charge is 0.295 e. The normalized spacial score (nSPS) is 14.2. The maximum Gasteiger partial charge on any atom is 0.275 e. The Morgan fingerprint density at radius 2 is 1.86 bits per heavy atom. The van der Waals surface area contributed by atoms with E-state index < -0.39 is 21.2 Å². The number of carbonyl (C=O) groups is 2. The molecule has 80 valence electrons. The molecule has 6 heteroatoms. The molecule has 5 nitrogen and oxygen atoms in total. The summed E-state index contributed by atoms with van der Waals surface area (Å²) in [6, 6.07) is 0. The molecule has 1 atom stereocenters. The van der Waals surface area contributed by atoms with Crippen LogP contribution in [0, 0.1) is 0 Å². The Balaban J connectivity index is 4.52. The van der Waals surface area contributed by atoms with Crippen LogP contribution in [0.25, 0.3) is 0 Å². The Labute approximate surface area is 82.6 Å². The lowest BCUT2D eigenvalue weighted by atomic mass is 10.2. The molecule has 0 heterocycles. The Bertz CT molecular complexity index is 352. The fourth-order valence-electron chi connectivity index (χ4n) is 0.575. The van der Waals surface area contributed by atoms with E-state index in [1.807, 2.05) is 0 Å². The number of ketones is 2. The zero-order chi connectivity index (χ0) is 11.4. The van der Waals surface area contributed by atoms with E-state index in [1.165, 1.54) is 0 Å². The molecule has 0 aliphatic rings. The number of hydrogen-bond acceptors (Lipinski definition) is 4. The van der Waals surface area contributed by atoms with Crippen LogP contribution in [0.3, 0.4) is 0 Å². The van der Waals surface area contributed by atoms with Gasteiger partial charge >= 0.3 is 0 Å². The van der Waals surface area contributed by atoms with E-state index >= 15 is 0 Å². The van der Waals surface area contributed by atoms with Crippen LogP contribution in [0.1, 0.15) is 20.3 Å². The lowest BCUT2D eigenvalue weighted by Gasteiger charge is -2.01. The van der Waals surface area contributed by atoms with Gasteiger partial charge in [-0.25, -0.2) is 0 Å². The summed E-state index contributed by atoms with van der Waals surface area (Å²) in [5, 5.41) is -1.52. The highest BCUT2D eigenvalue weighted by atomic mass is 32.2. The second-order valence-corrected chi connectivity index (χ2v) is 4.45.